The van der Waals surface area contributed by atoms with Gasteiger partial charge in [-0.15, -0.1) is 0 Å². The molecule has 9 nitrogen and oxygen atoms in total. The fourth-order valence-electron chi connectivity index (χ4n) is 6.38. The summed E-state index contributed by atoms with van der Waals surface area (Å²) in [7, 11) is 0. The Kier molecular flexibility index (Phi) is 18.6. The number of rotatable bonds is 25. The average molecular weight is 687 g/mol. The van der Waals surface area contributed by atoms with Crippen molar-refractivity contribution < 1.29 is 23.9 Å². The second-order valence-electron chi connectivity index (χ2n) is 13.2. The van der Waals surface area contributed by atoms with Gasteiger partial charge in [0.1, 0.15) is 18.3 Å². The monoisotopic (exact) mass is 686 g/mol. The van der Waals surface area contributed by atoms with Crippen LogP contribution in [0.25, 0.3) is 10.9 Å². The van der Waals surface area contributed by atoms with Gasteiger partial charge in [0, 0.05) is 30.8 Å². The van der Waals surface area contributed by atoms with Crippen molar-refractivity contribution in [1.29, 1.82) is 0 Å². The van der Waals surface area contributed by atoms with Crippen LogP contribution in [0.1, 0.15) is 133 Å². The molecule has 0 saturated carbocycles. The zero-order valence-corrected chi connectivity index (χ0v) is 30.2. The second kappa shape index (κ2) is 23.2. The smallest absolute Gasteiger partial charge is 0.306 e. The van der Waals surface area contributed by atoms with Gasteiger partial charge in [0.05, 0.1) is 5.52 Å². The van der Waals surface area contributed by atoms with Crippen LogP contribution >= 0.6 is 0 Å². The molecule has 0 bridgehead atoms. The number of carbonyl (C=O) groups excluding carboxylic acids is 4. The third kappa shape index (κ3) is 14.7. The zero-order valence-electron chi connectivity index (χ0n) is 30.2. The minimum Gasteiger partial charge on any atom is -0.461 e. The van der Waals surface area contributed by atoms with Gasteiger partial charge in [-0.25, -0.2) is 4.98 Å². The van der Waals surface area contributed by atoms with Gasteiger partial charge in [0.15, 0.2) is 0 Å². The molecule has 9 heteroatoms. The molecule has 3 rings (SSSR count). The van der Waals surface area contributed by atoms with Gasteiger partial charge in [-0.1, -0.05) is 132 Å². The Labute approximate surface area is 298 Å². The zero-order chi connectivity index (χ0) is 36.0. The van der Waals surface area contributed by atoms with Gasteiger partial charge < -0.3 is 20.7 Å². The fourth-order valence-corrected chi connectivity index (χ4v) is 6.38. The third-order valence-corrected chi connectivity index (χ3v) is 9.19. The molecule has 0 radical (unpaired) electrons. The predicted molar refractivity (Wildman–Crippen MR) is 199 cm³/mol. The van der Waals surface area contributed by atoms with E-state index in [-0.39, 0.29) is 49.5 Å². The minimum absolute atomic E-state index is 0.0516. The molecule has 0 aliphatic rings. The van der Waals surface area contributed by atoms with Crippen molar-refractivity contribution in [3.8, 4) is 0 Å². The number of nitrogens with zero attached hydrogens (tertiary/aromatic N) is 2. The molecule has 0 saturated heterocycles. The topological polar surface area (TPSA) is 132 Å². The molecule has 0 aliphatic heterocycles. The average Bonchev–Trinajstić information content (AvgIpc) is 3.12. The number of unbranched alkanes of at least 4 members (excludes halogenated alkanes) is 10. The van der Waals surface area contributed by atoms with Gasteiger partial charge in [0.2, 0.25) is 11.8 Å². The van der Waals surface area contributed by atoms with E-state index in [9.17, 15) is 19.2 Å². The number of nitrogens with two attached hydrogens (primary N) is 1. The van der Waals surface area contributed by atoms with E-state index in [1.807, 2.05) is 67.6 Å². The Hall–Kier alpha value is -4.27. The van der Waals surface area contributed by atoms with Crippen LogP contribution in [0.5, 0.6) is 0 Å². The highest BCUT2D eigenvalue weighted by Crippen LogP contribution is 2.19. The number of carbonyl (C=O) groups is 4. The minimum atomic E-state index is -0.926. The number of nitrogens with one attached hydrogen (secondary N) is 1. The molecule has 0 aliphatic carbocycles. The van der Waals surface area contributed by atoms with Crippen molar-refractivity contribution in [3.05, 3.63) is 78.0 Å². The number of esters is 1. The van der Waals surface area contributed by atoms with Gasteiger partial charge in [0.25, 0.3) is 5.91 Å². The van der Waals surface area contributed by atoms with Crippen molar-refractivity contribution in [2.24, 2.45) is 5.73 Å². The lowest BCUT2D eigenvalue weighted by Gasteiger charge is -2.33. The number of fused-ring (bicyclic) bond motifs is 1. The van der Waals surface area contributed by atoms with Crippen LogP contribution in [0.3, 0.4) is 0 Å². The normalized spacial score (nSPS) is 12.3. The van der Waals surface area contributed by atoms with Crippen LogP contribution in [-0.2, 0) is 25.7 Å². The first-order valence-electron chi connectivity index (χ1n) is 18.8. The van der Waals surface area contributed by atoms with Gasteiger partial charge >= 0.3 is 5.97 Å². The Morgan fingerprint density at radius 2 is 1.40 bits per heavy atom. The molecule has 0 spiro atoms. The number of amides is 3. The number of primary amides is 1. The summed E-state index contributed by atoms with van der Waals surface area (Å²) in [5.74, 6) is -1.62. The molecule has 2 atom stereocenters. The standard InChI is InChI=1S/C41H58N4O5/c1-3-5-6-7-8-9-10-11-12-13-17-24-34(30-38(42)46)45(4-2)41(49)37(26-20-27-39(47)50-31-32-21-15-14-16-22-32)44-40(48)36-29-28-33-23-18-19-25-35(33)43-36/h14-16,18-19,21-23,25,28-29,34,37H,3-13,17,20,24,26-27,30-31H2,1-2H3,(H2,42,46)(H,44,48)/t34?,37-/m0/s1. The van der Waals surface area contributed by atoms with E-state index >= 15 is 0 Å². The summed E-state index contributed by atoms with van der Waals surface area (Å²) in [6.45, 7) is 4.63. The van der Waals surface area contributed by atoms with E-state index in [4.69, 9.17) is 10.5 Å². The maximum absolute atomic E-state index is 14.2. The Bertz CT molecular complexity index is 1460. The number of aromatic nitrogens is 1. The van der Waals surface area contributed by atoms with Crippen LogP contribution < -0.4 is 11.1 Å². The molecule has 1 aromatic heterocycles. The molecule has 272 valence electrons. The van der Waals surface area contributed by atoms with Crippen molar-refractivity contribution >= 4 is 34.6 Å². The molecule has 3 aromatic rings. The van der Waals surface area contributed by atoms with Crippen molar-refractivity contribution in [2.45, 2.75) is 135 Å². The second-order valence-corrected chi connectivity index (χ2v) is 13.2. The molecule has 50 heavy (non-hydrogen) atoms. The lowest BCUT2D eigenvalue weighted by molar-refractivity contribution is -0.145. The molecule has 1 heterocycles. The maximum atomic E-state index is 14.2. The SMILES string of the molecule is CCCCCCCCCCCCCC(CC(N)=O)N(CC)C(=O)[C@H](CCCC(=O)OCc1ccccc1)NC(=O)c1ccc2ccccc2n1. The highest BCUT2D eigenvalue weighted by molar-refractivity contribution is 5.98. The quantitative estimate of drug-likeness (QED) is 0.0685. The molecule has 1 unspecified atom stereocenters. The third-order valence-electron chi connectivity index (χ3n) is 9.19. The van der Waals surface area contributed by atoms with E-state index in [0.29, 0.717) is 24.9 Å². The summed E-state index contributed by atoms with van der Waals surface area (Å²) >= 11 is 0. The number of likely N-dealkylation sites (N-methyl/N-ethyl adjacent to an activating group) is 1. The molecular weight excluding hydrogens is 628 g/mol. The predicted octanol–water partition coefficient (Wildman–Crippen LogP) is 8.04. The van der Waals surface area contributed by atoms with Crippen LogP contribution in [-0.4, -0.2) is 52.2 Å². The molecule has 3 N–H and O–H groups in total. The Balaban J connectivity index is 1.63. The first kappa shape index (κ1) is 40.2. The van der Waals surface area contributed by atoms with E-state index in [0.717, 1.165) is 30.2 Å². The van der Waals surface area contributed by atoms with Crippen molar-refractivity contribution in [3.63, 3.8) is 0 Å². The fraction of sp³-hybridized carbons (Fsp3) is 0.537. The molecule has 0 fully saturated rings. The van der Waals surface area contributed by atoms with Crippen LogP contribution in [0.15, 0.2) is 66.7 Å². The summed E-state index contributed by atoms with van der Waals surface area (Å²) in [6.07, 6.45) is 14.6. The number of benzene rings is 2. The largest absolute Gasteiger partial charge is 0.461 e. The summed E-state index contributed by atoms with van der Waals surface area (Å²) in [5.41, 5.74) is 7.43. The first-order chi connectivity index (χ1) is 24.3. The van der Waals surface area contributed by atoms with Gasteiger partial charge in [-0.3, -0.25) is 19.2 Å². The highest BCUT2D eigenvalue weighted by Gasteiger charge is 2.31. The molecule has 3 amide bonds. The number of hydrogen-bond donors (Lipinski definition) is 2. The van der Waals surface area contributed by atoms with E-state index < -0.39 is 17.9 Å². The summed E-state index contributed by atoms with van der Waals surface area (Å²) in [5, 5.41) is 3.81. The van der Waals surface area contributed by atoms with E-state index in [1.54, 1.807) is 11.0 Å². The van der Waals surface area contributed by atoms with Crippen LogP contribution in [0.2, 0.25) is 0 Å². The van der Waals surface area contributed by atoms with Gasteiger partial charge in [-0.2, -0.15) is 0 Å². The van der Waals surface area contributed by atoms with Gasteiger partial charge in [-0.05, 0) is 43.9 Å². The molecular formula is C41H58N4O5. The first-order valence-corrected chi connectivity index (χ1v) is 18.8. The van der Waals surface area contributed by atoms with Crippen molar-refractivity contribution in [1.82, 2.24) is 15.2 Å². The lowest BCUT2D eigenvalue weighted by atomic mass is 9.99. The van der Waals surface area contributed by atoms with Crippen molar-refractivity contribution in [2.75, 3.05) is 6.54 Å². The van der Waals surface area contributed by atoms with E-state index in [1.165, 1.54) is 51.4 Å². The maximum Gasteiger partial charge on any atom is 0.306 e. The Morgan fingerprint density at radius 3 is 2.06 bits per heavy atom. The summed E-state index contributed by atoms with van der Waals surface area (Å²) in [6, 6.07) is 19.1. The Morgan fingerprint density at radius 1 is 0.760 bits per heavy atom. The van der Waals surface area contributed by atoms with Crippen LogP contribution in [0.4, 0.5) is 0 Å². The van der Waals surface area contributed by atoms with E-state index in [2.05, 4.69) is 17.2 Å². The lowest BCUT2D eigenvalue weighted by Crippen LogP contribution is -2.52. The summed E-state index contributed by atoms with van der Waals surface area (Å²) in [4.78, 5) is 58.6. The number of ether oxygens (including phenoxy) is 1. The summed E-state index contributed by atoms with van der Waals surface area (Å²) < 4.78 is 5.43. The number of para-hydroxylation sites is 1. The molecule has 2 aromatic carbocycles. The van der Waals surface area contributed by atoms with Crippen LogP contribution in [0, 0.1) is 0 Å². The number of hydrogen-bond acceptors (Lipinski definition) is 6. The highest BCUT2D eigenvalue weighted by atomic mass is 16.5. The number of pyridine rings is 1.